The maximum Gasteiger partial charge on any atom is 0.245 e. The molecule has 1 aliphatic heterocycles. The van der Waals surface area contributed by atoms with Gasteiger partial charge in [0.05, 0.1) is 11.6 Å². The molecule has 6 heteroatoms. The van der Waals surface area contributed by atoms with E-state index >= 15 is 0 Å². The lowest BCUT2D eigenvalue weighted by atomic mass is 9.95. The Morgan fingerprint density at radius 2 is 2.14 bits per heavy atom. The maximum atomic E-state index is 8.82. The van der Waals surface area contributed by atoms with Crippen LogP contribution in [0.1, 0.15) is 18.9 Å². The molecule has 2 heterocycles. The average Bonchev–Trinajstić information content (AvgIpc) is 3.00. The van der Waals surface area contributed by atoms with Crippen molar-refractivity contribution in [2.75, 3.05) is 18.0 Å². The van der Waals surface area contributed by atoms with Gasteiger partial charge in [0.15, 0.2) is 5.82 Å². The van der Waals surface area contributed by atoms with Crippen molar-refractivity contribution in [3.63, 3.8) is 0 Å². The number of hydrogen-bond donors (Lipinski definition) is 2. The highest BCUT2D eigenvalue weighted by molar-refractivity contribution is 5.57. The number of aromatic nitrogens is 3. The van der Waals surface area contributed by atoms with Crippen LogP contribution in [0.5, 0.6) is 0 Å². The summed E-state index contributed by atoms with van der Waals surface area (Å²) in [5.74, 6) is 1.94. The summed E-state index contributed by atoms with van der Waals surface area (Å²) >= 11 is 0. The second-order valence-corrected chi connectivity index (χ2v) is 5.55. The number of piperidine rings is 1. The van der Waals surface area contributed by atoms with E-state index in [9.17, 15) is 0 Å². The van der Waals surface area contributed by atoms with E-state index in [-0.39, 0.29) is 6.04 Å². The van der Waals surface area contributed by atoms with Gasteiger partial charge in [-0.1, -0.05) is 6.92 Å². The average molecular weight is 282 g/mol. The molecule has 0 saturated carbocycles. The zero-order valence-corrected chi connectivity index (χ0v) is 12.0. The quantitative estimate of drug-likeness (QED) is 0.870. The van der Waals surface area contributed by atoms with Gasteiger partial charge in [-0.05, 0) is 36.6 Å². The van der Waals surface area contributed by atoms with Crippen LogP contribution >= 0.6 is 0 Å². The summed E-state index contributed by atoms with van der Waals surface area (Å²) in [5.41, 5.74) is 7.67. The predicted molar refractivity (Wildman–Crippen MR) is 80.5 cm³/mol. The molecule has 6 nitrogen and oxygen atoms in total. The summed E-state index contributed by atoms with van der Waals surface area (Å²) < 4.78 is 0. The standard InChI is InChI=1S/C15H18N6/c1-10-6-7-21(9-13(10)17)15-18-14(19-20-15)12-4-2-11(8-16)3-5-12/h2-5,10,13H,6-7,9,17H2,1H3,(H,18,19,20). The van der Waals surface area contributed by atoms with E-state index in [1.165, 1.54) is 0 Å². The Balaban J connectivity index is 1.78. The molecule has 0 amide bonds. The largest absolute Gasteiger partial charge is 0.338 e. The van der Waals surface area contributed by atoms with E-state index in [0.29, 0.717) is 23.3 Å². The van der Waals surface area contributed by atoms with E-state index in [1.807, 2.05) is 12.1 Å². The Labute approximate surface area is 123 Å². The number of rotatable bonds is 2. The van der Waals surface area contributed by atoms with Crippen molar-refractivity contribution in [3.8, 4) is 17.5 Å². The highest BCUT2D eigenvalue weighted by Gasteiger charge is 2.25. The highest BCUT2D eigenvalue weighted by atomic mass is 15.4. The Morgan fingerprint density at radius 3 is 2.81 bits per heavy atom. The van der Waals surface area contributed by atoms with Crippen molar-refractivity contribution in [1.29, 1.82) is 5.26 Å². The minimum absolute atomic E-state index is 0.163. The van der Waals surface area contributed by atoms with Gasteiger partial charge in [0, 0.05) is 24.7 Å². The molecule has 1 fully saturated rings. The summed E-state index contributed by atoms with van der Waals surface area (Å²) in [7, 11) is 0. The van der Waals surface area contributed by atoms with Gasteiger partial charge in [-0.15, -0.1) is 5.10 Å². The lowest BCUT2D eigenvalue weighted by Crippen LogP contribution is -2.48. The number of aromatic amines is 1. The number of nitrogens with zero attached hydrogens (tertiary/aromatic N) is 4. The van der Waals surface area contributed by atoms with E-state index < -0.39 is 0 Å². The van der Waals surface area contributed by atoms with Crippen LogP contribution < -0.4 is 10.6 Å². The van der Waals surface area contributed by atoms with Crippen molar-refractivity contribution < 1.29 is 0 Å². The fourth-order valence-electron chi connectivity index (χ4n) is 2.51. The summed E-state index contributed by atoms with van der Waals surface area (Å²) in [4.78, 5) is 6.66. The summed E-state index contributed by atoms with van der Waals surface area (Å²) in [6.45, 7) is 3.90. The Morgan fingerprint density at radius 1 is 1.38 bits per heavy atom. The lowest BCUT2D eigenvalue weighted by Gasteiger charge is -2.34. The summed E-state index contributed by atoms with van der Waals surface area (Å²) in [6.07, 6.45) is 1.06. The maximum absolute atomic E-state index is 8.82. The van der Waals surface area contributed by atoms with Gasteiger partial charge in [-0.25, -0.2) is 0 Å². The van der Waals surface area contributed by atoms with E-state index in [1.54, 1.807) is 12.1 Å². The number of benzene rings is 1. The lowest BCUT2D eigenvalue weighted by molar-refractivity contribution is 0.376. The summed E-state index contributed by atoms with van der Waals surface area (Å²) in [5, 5.41) is 16.1. The van der Waals surface area contributed by atoms with Crippen molar-refractivity contribution in [2.24, 2.45) is 11.7 Å². The highest BCUT2D eigenvalue weighted by Crippen LogP contribution is 2.22. The molecule has 2 unspecified atom stereocenters. The van der Waals surface area contributed by atoms with Crippen LogP contribution in [0, 0.1) is 17.2 Å². The molecule has 21 heavy (non-hydrogen) atoms. The number of nitrogens with two attached hydrogens (primary N) is 1. The van der Waals surface area contributed by atoms with Gasteiger partial charge >= 0.3 is 0 Å². The number of H-pyrrole nitrogens is 1. The molecule has 2 aromatic rings. The first-order chi connectivity index (χ1) is 10.2. The van der Waals surface area contributed by atoms with Crippen LogP contribution in [-0.2, 0) is 0 Å². The molecular formula is C15H18N6. The zero-order chi connectivity index (χ0) is 14.8. The molecule has 0 spiro atoms. The van der Waals surface area contributed by atoms with Gasteiger partial charge in [0.2, 0.25) is 5.95 Å². The van der Waals surface area contributed by atoms with Crippen LogP contribution in [0.2, 0.25) is 0 Å². The zero-order valence-electron chi connectivity index (χ0n) is 12.0. The smallest absolute Gasteiger partial charge is 0.245 e. The molecule has 1 aromatic heterocycles. The molecule has 108 valence electrons. The van der Waals surface area contributed by atoms with Crippen LogP contribution in [0.25, 0.3) is 11.4 Å². The van der Waals surface area contributed by atoms with E-state index in [2.05, 4.69) is 33.1 Å². The van der Waals surface area contributed by atoms with Gasteiger partial charge in [-0.3, -0.25) is 5.10 Å². The van der Waals surface area contributed by atoms with E-state index in [0.717, 1.165) is 25.1 Å². The number of anilines is 1. The van der Waals surface area contributed by atoms with Crippen LogP contribution in [0.4, 0.5) is 5.95 Å². The third kappa shape index (κ3) is 2.73. The Bertz CT molecular complexity index is 654. The molecule has 0 bridgehead atoms. The third-order valence-corrected chi connectivity index (χ3v) is 4.06. The number of hydrogen-bond acceptors (Lipinski definition) is 5. The fourth-order valence-corrected chi connectivity index (χ4v) is 2.51. The Hall–Kier alpha value is -2.39. The van der Waals surface area contributed by atoms with Gasteiger partial charge in [-0.2, -0.15) is 10.2 Å². The molecule has 1 saturated heterocycles. The molecule has 1 aliphatic rings. The van der Waals surface area contributed by atoms with E-state index in [4.69, 9.17) is 11.0 Å². The first-order valence-corrected chi connectivity index (χ1v) is 7.11. The van der Waals surface area contributed by atoms with Crippen LogP contribution in [0.3, 0.4) is 0 Å². The minimum Gasteiger partial charge on any atom is -0.338 e. The normalized spacial score (nSPS) is 22.0. The minimum atomic E-state index is 0.163. The molecule has 3 N–H and O–H groups in total. The molecule has 0 aliphatic carbocycles. The van der Waals surface area contributed by atoms with Crippen molar-refractivity contribution >= 4 is 5.95 Å². The molecule has 1 aromatic carbocycles. The van der Waals surface area contributed by atoms with Gasteiger partial charge < -0.3 is 10.6 Å². The molecule has 3 rings (SSSR count). The monoisotopic (exact) mass is 282 g/mol. The van der Waals surface area contributed by atoms with Crippen LogP contribution in [0.15, 0.2) is 24.3 Å². The summed E-state index contributed by atoms with van der Waals surface area (Å²) in [6, 6.07) is 9.55. The van der Waals surface area contributed by atoms with Crippen molar-refractivity contribution in [3.05, 3.63) is 29.8 Å². The van der Waals surface area contributed by atoms with Gasteiger partial charge in [0.25, 0.3) is 0 Å². The SMILES string of the molecule is CC1CCN(c2n[nH]c(-c3ccc(C#N)cc3)n2)CC1N. The molecule has 0 radical (unpaired) electrons. The van der Waals surface area contributed by atoms with Crippen LogP contribution in [-0.4, -0.2) is 34.3 Å². The first-order valence-electron chi connectivity index (χ1n) is 7.11. The topological polar surface area (TPSA) is 94.6 Å². The fraction of sp³-hybridized carbons (Fsp3) is 0.400. The molecule has 2 atom stereocenters. The second kappa shape index (κ2) is 5.54. The second-order valence-electron chi connectivity index (χ2n) is 5.55. The predicted octanol–water partition coefficient (Wildman–Crippen LogP) is 1.52. The van der Waals surface area contributed by atoms with Crippen molar-refractivity contribution in [1.82, 2.24) is 15.2 Å². The van der Waals surface area contributed by atoms with Crippen molar-refractivity contribution in [2.45, 2.75) is 19.4 Å². The molecular weight excluding hydrogens is 264 g/mol. The first kappa shape index (κ1) is 13.6. The van der Waals surface area contributed by atoms with Gasteiger partial charge in [0.1, 0.15) is 0 Å². The Kier molecular flexibility index (Phi) is 3.59. The third-order valence-electron chi connectivity index (χ3n) is 4.06. The number of nitrogens with one attached hydrogen (secondary N) is 1. The number of nitriles is 1.